The van der Waals surface area contributed by atoms with E-state index in [0.29, 0.717) is 16.0 Å². The molecule has 0 spiro atoms. The van der Waals surface area contributed by atoms with Gasteiger partial charge in [-0.2, -0.15) is 4.73 Å². The third kappa shape index (κ3) is 3.14. The number of carbonyl (C=O) groups is 1. The molecule has 0 atom stereocenters. The van der Waals surface area contributed by atoms with Crippen molar-refractivity contribution in [2.45, 2.75) is 19.8 Å². The highest BCUT2D eigenvalue weighted by atomic mass is 16.5. The van der Waals surface area contributed by atoms with E-state index in [0.717, 1.165) is 19.4 Å². The van der Waals surface area contributed by atoms with Crippen LogP contribution in [0, 0.1) is 5.21 Å². The van der Waals surface area contributed by atoms with E-state index in [1.807, 2.05) is 0 Å². The summed E-state index contributed by atoms with van der Waals surface area (Å²) in [6, 6.07) is 3.31. The third-order valence-corrected chi connectivity index (χ3v) is 3.05. The number of amides is 1. The van der Waals surface area contributed by atoms with Gasteiger partial charge in [0, 0.05) is 25.9 Å². The van der Waals surface area contributed by atoms with Crippen molar-refractivity contribution in [3.8, 4) is 11.3 Å². The first kappa shape index (κ1) is 14.0. The van der Waals surface area contributed by atoms with Crippen LogP contribution in [-0.2, 0) is 0 Å². The van der Waals surface area contributed by atoms with Crippen LogP contribution in [0.15, 0.2) is 37.1 Å². The summed E-state index contributed by atoms with van der Waals surface area (Å²) in [5.74, 6) is 0. The Morgan fingerprint density at radius 3 is 3.05 bits per heavy atom. The second-order valence-electron chi connectivity index (χ2n) is 4.68. The Balaban J connectivity index is 2.14. The fourth-order valence-corrected chi connectivity index (χ4v) is 1.87. The van der Waals surface area contributed by atoms with Gasteiger partial charge in [0.1, 0.15) is 6.33 Å². The third-order valence-electron chi connectivity index (χ3n) is 3.05. The molecule has 6 heteroatoms. The SMILES string of the molecule is CCCCN(C)C(=O)n1cnc(-c2ccc[n+]([O-])c2)c1. The minimum Gasteiger partial charge on any atom is -0.619 e. The standard InChI is InChI=1S/C14H18N4O2/c1-3-4-7-16(2)14(19)17-10-13(15-11-17)12-6-5-8-18(20)9-12/h5-6,8-11H,3-4,7H2,1-2H3. The van der Waals surface area contributed by atoms with Gasteiger partial charge in [-0.05, 0) is 12.5 Å². The molecule has 6 nitrogen and oxygen atoms in total. The van der Waals surface area contributed by atoms with Crippen molar-refractivity contribution >= 4 is 6.03 Å². The highest BCUT2D eigenvalue weighted by molar-refractivity contribution is 5.77. The van der Waals surface area contributed by atoms with Crippen LogP contribution >= 0.6 is 0 Å². The smallest absolute Gasteiger partial charge is 0.329 e. The first-order valence-corrected chi connectivity index (χ1v) is 6.60. The molecule has 2 rings (SSSR count). The summed E-state index contributed by atoms with van der Waals surface area (Å²) in [5.41, 5.74) is 1.29. The topological polar surface area (TPSA) is 65.1 Å². The predicted molar refractivity (Wildman–Crippen MR) is 75.0 cm³/mol. The lowest BCUT2D eigenvalue weighted by atomic mass is 10.2. The van der Waals surface area contributed by atoms with Crippen molar-refractivity contribution in [1.29, 1.82) is 0 Å². The summed E-state index contributed by atoms with van der Waals surface area (Å²) in [5, 5.41) is 11.2. The van der Waals surface area contributed by atoms with Crippen molar-refractivity contribution in [3.63, 3.8) is 0 Å². The first-order chi connectivity index (χ1) is 9.61. The van der Waals surface area contributed by atoms with E-state index in [1.165, 1.54) is 23.3 Å². The summed E-state index contributed by atoms with van der Waals surface area (Å²) in [4.78, 5) is 18.0. The number of unbranched alkanes of at least 4 members (excludes halogenated alkanes) is 1. The molecule has 0 N–H and O–H groups in total. The quantitative estimate of drug-likeness (QED) is 0.631. The molecule has 2 aromatic heterocycles. The fourth-order valence-electron chi connectivity index (χ4n) is 1.87. The van der Waals surface area contributed by atoms with Crippen LogP contribution in [0.1, 0.15) is 19.8 Å². The molecule has 0 radical (unpaired) electrons. The lowest BCUT2D eigenvalue weighted by Crippen LogP contribution is -2.31. The monoisotopic (exact) mass is 274 g/mol. The maximum absolute atomic E-state index is 12.1. The zero-order valence-electron chi connectivity index (χ0n) is 11.7. The number of pyridine rings is 1. The van der Waals surface area contributed by atoms with E-state index in [4.69, 9.17) is 0 Å². The minimum atomic E-state index is -0.122. The van der Waals surface area contributed by atoms with Crippen LogP contribution in [0.2, 0.25) is 0 Å². The molecule has 0 aromatic carbocycles. The number of carbonyl (C=O) groups excluding carboxylic acids is 1. The Hall–Kier alpha value is -2.37. The van der Waals surface area contributed by atoms with Crippen molar-refractivity contribution in [2.75, 3.05) is 13.6 Å². The average molecular weight is 274 g/mol. The molecular formula is C14H18N4O2. The van der Waals surface area contributed by atoms with Crippen molar-refractivity contribution in [1.82, 2.24) is 14.5 Å². The second-order valence-corrected chi connectivity index (χ2v) is 4.68. The van der Waals surface area contributed by atoms with Gasteiger partial charge >= 0.3 is 6.03 Å². The van der Waals surface area contributed by atoms with Crippen LogP contribution in [0.25, 0.3) is 11.3 Å². The first-order valence-electron chi connectivity index (χ1n) is 6.60. The molecule has 0 saturated carbocycles. The van der Waals surface area contributed by atoms with Crippen molar-refractivity contribution in [3.05, 3.63) is 42.3 Å². The summed E-state index contributed by atoms with van der Waals surface area (Å²) in [7, 11) is 1.77. The summed E-state index contributed by atoms with van der Waals surface area (Å²) in [6.07, 6.45) is 7.96. The molecule has 0 aliphatic heterocycles. The lowest BCUT2D eigenvalue weighted by molar-refractivity contribution is -0.604. The molecule has 2 heterocycles. The van der Waals surface area contributed by atoms with Gasteiger partial charge in [0.25, 0.3) is 0 Å². The molecule has 0 aliphatic carbocycles. The van der Waals surface area contributed by atoms with Gasteiger partial charge in [-0.3, -0.25) is 4.57 Å². The summed E-state index contributed by atoms with van der Waals surface area (Å²) < 4.78 is 2.15. The minimum absolute atomic E-state index is 0.122. The second kappa shape index (κ2) is 6.18. The number of rotatable bonds is 4. The van der Waals surface area contributed by atoms with Crippen LogP contribution in [0.4, 0.5) is 4.79 Å². The van der Waals surface area contributed by atoms with Gasteiger partial charge in [0.2, 0.25) is 0 Å². The molecular weight excluding hydrogens is 256 g/mol. The zero-order chi connectivity index (χ0) is 14.5. The van der Waals surface area contributed by atoms with E-state index in [-0.39, 0.29) is 6.03 Å². The van der Waals surface area contributed by atoms with E-state index < -0.39 is 0 Å². The maximum Gasteiger partial charge on any atom is 0.329 e. The fraction of sp³-hybridized carbons (Fsp3) is 0.357. The Morgan fingerprint density at radius 2 is 2.35 bits per heavy atom. The molecule has 2 aromatic rings. The van der Waals surface area contributed by atoms with Crippen LogP contribution in [0.5, 0.6) is 0 Å². The molecule has 0 fully saturated rings. The average Bonchev–Trinajstić information content (AvgIpc) is 2.93. The predicted octanol–water partition coefficient (Wildman–Crippen LogP) is 1.88. The maximum atomic E-state index is 12.1. The molecule has 0 aliphatic rings. The molecule has 0 unspecified atom stereocenters. The van der Waals surface area contributed by atoms with Crippen LogP contribution in [0.3, 0.4) is 0 Å². The molecule has 0 bridgehead atoms. The summed E-state index contributed by atoms with van der Waals surface area (Å²) in [6.45, 7) is 2.80. The number of hydrogen-bond donors (Lipinski definition) is 0. The largest absolute Gasteiger partial charge is 0.619 e. The van der Waals surface area contributed by atoms with Gasteiger partial charge in [0.05, 0.1) is 11.3 Å². The van der Waals surface area contributed by atoms with Gasteiger partial charge < -0.3 is 10.1 Å². The highest BCUT2D eigenvalue weighted by Gasteiger charge is 2.13. The lowest BCUT2D eigenvalue weighted by Gasteiger charge is -2.16. The van der Waals surface area contributed by atoms with Crippen LogP contribution in [-0.4, -0.2) is 34.1 Å². The van der Waals surface area contributed by atoms with Gasteiger partial charge in [0.15, 0.2) is 12.4 Å². The van der Waals surface area contributed by atoms with E-state index in [2.05, 4.69) is 11.9 Å². The van der Waals surface area contributed by atoms with E-state index >= 15 is 0 Å². The molecule has 20 heavy (non-hydrogen) atoms. The van der Waals surface area contributed by atoms with Crippen molar-refractivity contribution < 1.29 is 9.52 Å². The number of hydrogen-bond acceptors (Lipinski definition) is 3. The Bertz CT molecular complexity index is 594. The molecule has 0 saturated heterocycles. The highest BCUT2D eigenvalue weighted by Crippen LogP contribution is 2.14. The number of nitrogens with zero attached hydrogens (tertiary/aromatic N) is 4. The number of imidazole rings is 1. The van der Waals surface area contributed by atoms with Crippen molar-refractivity contribution in [2.24, 2.45) is 0 Å². The van der Waals surface area contributed by atoms with Crippen LogP contribution < -0.4 is 4.73 Å². The normalized spacial score (nSPS) is 10.5. The zero-order valence-corrected chi connectivity index (χ0v) is 11.7. The summed E-state index contributed by atoms with van der Waals surface area (Å²) >= 11 is 0. The Labute approximate surface area is 117 Å². The molecule has 106 valence electrons. The van der Waals surface area contributed by atoms with Gasteiger partial charge in [-0.25, -0.2) is 9.78 Å². The molecule has 1 amide bonds. The van der Waals surface area contributed by atoms with E-state index in [9.17, 15) is 10.0 Å². The van der Waals surface area contributed by atoms with Gasteiger partial charge in [-0.1, -0.05) is 13.3 Å². The Morgan fingerprint density at radius 1 is 1.55 bits per heavy atom. The van der Waals surface area contributed by atoms with Gasteiger partial charge in [-0.15, -0.1) is 0 Å². The Kier molecular flexibility index (Phi) is 4.34. The number of aromatic nitrogens is 3. The van der Waals surface area contributed by atoms with E-state index in [1.54, 1.807) is 30.3 Å².